The van der Waals surface area contributed by atoms with Crippen LogP contribution in [-0.4, -0.2) is 22.2 Å². The van der Waals surface area contributed by atoms with Gasteiger partial charge in [-0.25, -0.2) is 4.39 Å². The molecule has 1 aromatic rings. The number of halogens is 2. The monoisotopic (exact) mass is 276 g/mol. The first-order chi connectivity index (χ1) is 8.02. The number of rotatable bonds is 6. The largest absolute Gasteiger partial charge is 0.392 e. The molecule has 0 aromatic heterocycles. The maximum Gasteiger partial charge on any atom is 0.127 e. The van der Waals surface area contributed by atoms with Crippen LogP contribution in [0.15, 0.2) is 18.2 Å². The van der Waals surface area contributed by atoms with E-state index in [1.165, 1.54) is 6.07 Å². The van der Waals surface area contributed by atoms with Crippen molar-refractivity contribution in [2.45, 2.75) is 38.0 Å². The molecule has 1 rings (SSSR count). The van der Waals surface area contributed by atoms with Gasteiger partial charge in [-0.2, -0.15) is 11.8 Å². The van der Waals surface area contributed by atoms with Crippen molar-refractivity contribution in [3.8, 4) is 0 Å². The fourth-order valence-electron chi connectivity index (χ4n) is 1.39. The van der Waals surface area contributed by atoms with E-state index in [2.05, 4.69) is 13.8 Å². The second kappa shape index (κ2) is 7.24. The molecule has 0 aliphatic rings. The second-order valence-electron chi connectivity index (χ2n) is 4.15. The van der Waals surface area contributed by atoms with Gasteiger partial charge >= 0.3 is 0 Å². The Morgan fingerprint density at radius 1 is 1.47 bits per heavy atom. The fourth-order valence-corrected chi connectivity index (χ4v) is 2.46. The maximum atomic E-state index is 13.5. The minimum atomic E-state index is -0.510. The Labute approximate surface area is 111 Å². The Hall–Kier alpha value is -0.250. The summed E-state index contributed by atoms with van der Waals surface area (Å²) in [6.45, 7) is 4.24. The highest BCUT2D eigenvalue weighted by Gasteiger charge is 2.11. The van der Waals surface area contributed by atoms with Crippen LogP contribution in [0.1, 0.15) is 25.8 Å². The van der Waals surface area contributed by atoms with Gasteiger partial charge in [0.05, 0.1) is 6.10 Å². The van der Waals surface area contributed by atoms with E-state index in [1.807, 2.05) is 0 Å². The molecular weight excluding hydrogens is 259 g/mol. The number of aliphatic hydroxyl groups is 1. The number of hydrogen-bond donors (Lipinski definition) is 1. The van der Waals surface area contributed by atoms with Crippen LogP contribution < -0.4 is 0 Å². The lowest BCUT2D eigenvalue weighted by atomic mass is 10.1. The predicted octanol–water partition coefficient (Wildman–Crippen LogP) is 3.91. The van der Waals surface area contributed by atoms with Crippen LogP contribution in [0.25, 0.3) is 0 Å². The molecule has 96 valence electrons. The molecule has 0 amide bonds. The van der Waals surface area contributed by atoms with E-state index in [4.69, 9.17) is 11.6 Å². The molecule has 0 bridgehead atoms. The summed E-state index contributed by atoms with van der Waals surface area (Å²) in [4.78, 5) is 0. The van der Waals surface area contributed by atoms with Gasteiger partial charge in [0.15, 0.2) is 0 Å². The van der Waals surface area contributed by atoms with Crippen LogP contribution in [0, 0.1) is 5.82 Å². The molecule has 0 saturated heterocycles. The van der Waals surface area contributed by atoms with E-state index >= 15 is 0 Å². The van der Waals surface area contributed by atoms with Crippen molar-refractivity contribution in [2.24, 2.45) is 0 Å². The molecule has 0 aliphatic carbocycles. The summed E-state index contributed by atoms with van der Waals surface area (Å²) >= 11 is 7.38. The van der Waals surface area contributed by atoms with Gasteiger partial charge in [-0.15, -0.1) is 0 Å². The summed E-state index contributed by atoms with van der Waals surface area (Å²) < 4.78 is 13.5. The Bertz CT molecular complexity index is 359. The molecule has 0 spiro atoms. The highest BCUT2D eigenvalue weighted by atomic mass is 35.5. The normalized spacial score (nSPS) is 14.6. The van der Waals surface area contributed by atoms with Gasteiger partial charge in [-0.05, 0) is 24.1 Å². The third kappa shape index (κ3) is 5.28. The predicted molar refractivity (Wildman–Crippen MR) is 73.3 cm³/mol. The average molecular weight is 277 g/mol. The minimum absolute atomic E-state index is 0.340. The standard InChI is InChI=1S/C13H18ClFOS/c1-3-9(2)17-8-12(16)6-10-4-5-11(14)7-13(10)15/h4-5,7,9,12,16H,3,6,8H2,1-2H3. The number of aliphatic hydroxyl groups excluding tert-OH is 1. The molecule has 2 atom stereocenters. The van der Waals surface area contributed by atoms with Crippen LogP contribution in [0.5, 0.6) is 0 Å². The Morgan fingerprint density at radius 2 is 2.18 bits per heavy atom. The van der Waals surface area contributed by atoms with Crippen molar-refractivity contribution in [1.29, 1.82) is 0 Å². The highest BCUT2D eigenvalue weighted by molar-refractivity contribution is 7.99. The first kappa shape index (κ1) is 14.8. The summed E-state index contributed by atoms with van der Waals surface area (Å²) in [7, 11) is 0. The molecule has 17 heavy (non-hydrogen) atoms. The molecule has 2 unspecified atom stereocenters. The molecule has 0 heterocycles. The summed E-state index contributed by atoms with van der Waals surface area (Å²) in [5.74, 6) is 0.293. The minimum Gasteiger partial charge on any atom is -0.392 e. The van der Waals surface area contributed by atoms with E-state index in [-0.39, 0.29) is 5.82 Å². The number of benzene rings is 1. The van der Waals surface area contributed by atoms with E-state index in [9.17, 15) is 9.50 Å². The molecule has 0 aliphatic heterocycles. The summed E-state index contributed by atoms with van der Waals surface area (Å²) in [6, 6.07) is 4.56. The topological polar surface area (TPSA) is 20.2 Å². The second-order valence-corrected chi connectivity index (χ2v) is 6.05. The molecule has 1 nitrogen and oxygen atoms in total. The Kier molecular flexibility index (Phi) is 6.31. The first-order valence-corrected chi connectivity index (χ1v) is 7.19. The zero-order valence-electron chi connectivity index (χ0n) is 10.1. The van der Waals surface area contributed by atoms with Crippen molar-refractivity contribution < 1.29 is 9.50 Å². The Morgan fingerprint density at radius 3 is 2.76 bits per heavy atom. The zero-order valence-corrected chi connectivity index (χ0v) is 11.7. The molecule has 4 heteroatoms. The van der Waals surface area contributed by atoms with Gasteiger partial charge in [-0.1, -0.05) is 31.5 Å². The smallest absolute Gasteiger partial charge is 0.127 e. The van der Waals surface area contributed by atoms with Crippen LogP contribution in [-0.2, 0) is 6.42 Å². The van der Waals surface area contributed by atoms with Crippen LogP contribution in [0.3, 0.4) is 0 Å². The first-order valence-electron chi connectivity index (χ1n) is 5.76. The molecule has 1 N–H and O–H groups in total. The zero-order chi connectivity index (χ0) is 12.8. The van der Waals surface area contributed by atoms with Crippen LogP contribution in [0.2, 0.25) is 5.02 Å². The molecule has 0 saturated carbocycles. The molecular formula is C13H18ClFOS. The van der Waals surface area contributed by atoms with Crippen molar-refractivity contribution in [3.05, 3.63) is 34.6 Å². The van der Waals surface area contributed by atoms with E-state index in [1.54, 1.807) is 23.9 Å². The van der Waals surface area contributed by atoms with E-state index < -0.39 is 6.10 Å². The van der Waals surface area contributed by atoms with Gasteiger partial charge in [0, 0.05) is 22.4 Å². The van der Waals surface area contributed by atoms with E-state index in [0.29, 0.717) is 28.0 Å². The number of thioether (sulfide) groups is 1. The summed E-state index contributed by atoms with van der Waals surface area (Å²) in [5, 5.41) is 10.7. The summed E-state index contributed by atoms with van der Waals surface area (Å²) in [5.41, 5.74) is 0.520. The lowest BCUT2D eigenvalue weighted by molar-refractivity contribution is 0.198. The SMILES string of the molecule is CCC(C)SCC(O)Cc1ccc(Cl)cc1F. The van der Waals surface area contributed by atoms with Gasteiger partial charge in [-0.3, -0.25) is 0 Å². The third-order valence-electron chi connectivity index (χ3n) is 2.62. The van der Waals surface area contributed by atoms with E-state index in [0.717, 1.165) is 6.42 Å². The average Bonchev–Trinajstić information content (AvgIpc) is 2.29. The third-order valence-corrected chi connectivity index (χ3v) is 4.33. The highest BCUT2D eigenvalue weighted by Crippen LogP contribution is 2.19. The van der Waals surface area contributed by atoms with Gasteiger partial charge in [0.1, 0.15) is 5.82 Å². The van der Waals surface area contributed by atoms with Gasteiger partial charge < -0.3 is 5.11 Å². The maximum absolute atomic E-state index is 13.5. The van der Waals surface area contributed by atoms with Gasteiger partial charge in [0.25, 0.3) is 0 Å². The lowest BCUT2D eigenvalue weighted by Crippen LogP contribution is -2.16. The van der Waals surface area contributed by atoms with Gasteiger partial charge in [0.2, 0.25) is 0 Å². The Balaban J connectivity index is 2.47. The molecule has 0 radical (unpaired) electrons. The van der Waals surface area contributed by atoms with Crippen molar-refractivity contribution in [2.75, 3.05) is 5.75 Å². The van der Waals surface area contributed by atoms with Crippen LogP contribution >= 0.6 is 23.4 Å². The fraction of sp³-hybridized carbons (Fsp3) is 0.538. The summed E-state index contributed by atoms with van der Waals surface area (Å²) in [6.07, 6.45) is 0.906. The van der Waals surface area contributed by atoms with Crippen molar-refractivity contribution in [3.63, 3.8) is 0 Å². The van der Waals surface area contributed by atoms with Crippen molar-refractivity contribution in [1.82, 2.24) is 0 Å². The quantitative estimate of drug-likeness (QED) is 0.850. The molecule has 1 aromatic carbocycles. The molecule has 0 fully saturated rings. The number of hydrogen-bond acceptors (Lipinski definition) is 2. The van der Waals surface area contributed by atoms with Crippen molar-refractivity contribution >= 4 is 23.4 Å². The lowest BCUT2D eigenvalue weighted by Gasteiger charge is -2.14. The van der Waals surface area contributed by atoms with Crippen LogP contribution in [0.4, 0.5) is 4.39 Å².